The van der Waals surface area contributed by atoms with Crippen molar-refractivity contribution in [3.8, 4) is 16.9 Å². The van der Waals surface area contributed by atoms with Gasteiger partial charge in [0.2, 0.25) is 0 Å². The average molecular weight is 540 g/mol. The summed E-state index contributed by atoms with van der Waals surface area (Å²) in [4.78, 5) is 30.3. The Kier molecular flexibility index (Phi) is 6.39. The molecule has 2 aliphatic rings. The molecule has 0 amide bonds. The maximum atomic E-state index is 13.0. The van der Waals surface area contributed by atoms with Crippen molar-refractivity contribution >= 4 is 33.9 Å². The van der Waals surface area contributed by atoms with Crippen LogP contribution in [0.15, 0.2) is 48.7 Å². The summed E-state index contributed by atoms with van der Waals surface area (Å²) in [6.07, 6.45) is 2.11. The third kappa shape index (κ3) is 4.34. The first-order valence-electron chi connectivity index (χ1n) is 13.7. The minimum atomic E-state index is -1.31. The Labute approximate surface area is 232 Å². The molecule has 6 rings (SSSR count). The van der Waals surface area contributed by atoms with E-state index in [0.29, 0.717) is 24.2 Å². The van der Waals surface area contributed by atoms with Crippen molar-refractivity contribution in [3.63, 3.8) is 0 Å². The second-order valence-corrected chi connectivity index (χ2v) is 11.9. The Morgan fingerprint density at radius 1 is 1.12 bits per heavy atom. The van der Waals surface area contributed by atoms with Crippen LogP contribution in [0.25, 0.3) is 32.8 Å². The minimum absolute atomic E-state index is 0.204. The summed E-state index contributed by atoms with van der Waals surface area (Å²) < 4.78 is 12.2. The SMILES string of the molecule is Cc1c([C@H](OC(C)(C)C)C(=O)O)c(-c2ccc3c4c(ccnc24)CCO3)c2ccccc2c1C(C=O)C1CC1O. The first-order valence-corrected chi connectivity index (χ1v) is 13.7. The molecule has 4 atom stereocenters. The molecule has 0 radical (unpaired) electrons. The molecule has 3 aromatic carbocycles. The lowest BCUT2D eigenvalue weighted by molar-refractivity contribution is -0.160. The van der Waals surface area contributed by atoms with E-state index in [9.17, 15) is 19.8 Å². The second kappa shape index (κ2) is 9.68. The number of benzene rings is 3. The Bertz CT molecular complexity index is 1660. The number of aromatic nitrogens is 1. The Morgan fingerprint density at radius 2 is 1.85 bits per heavy atom. The summed E-state index contributed by atoms with van der Waals surface area (Å²) in [5, 5.41) is 23.5. The zero-order valence-corrected chi connectivity index (χ0v) is 23.1. The molecular weight excluding hydrogens is 506 g/mol. The van der Waals surface area contributed by atoms with Crippen LogP contribution < -0.4 is 4.74 Å². The van der Waals surface area contributed by atoms with Gasteiger partial charge in [0.15, 0.2) is 6.10 Å². The summed E-state index contributed by atoms with van der Waals surface area (Å²) in [6.45, 7) is 7.95. The fourth-order valence-electron chi connectivity index (χ4n) is 6.32. The Morgan fingerprint density at radius 3 is 2.50 bits per heavy atom. The number of carbonyl (C=O) groups is 2. The van der Waals surface area contributed by atoms with Gasteiger partial charge in [-0.15, -0.1) is 0 Å². The zero-order valence-electron chi connectivity index (χ0n) is 23.1. The molecule has 40 heavy (non-hydrogen) atoms. The van der Waals surface area contributed by atoms with Gasteiger partial charge in [0.1, 0.15) is 12.0 Å². The van der Waals surface area contributed by atoms with E-state index >= 15 is 0 Å². The number of rotatable bonds is 7. The van der Waals surface area contributed by atoms with Gasteiger partial charge >= 0.3 is 5.97 Å². The van der Waals surface area contributed by atoms with Crippen LogP contribution in [0.4, 0.5) is 0 Å². The molecular formula is C33H33NO6. The highest BCUT2D eigenvalue weighted by Crippen LogP contribution is 2.51. The normalized spacial score (nSPS) is 19.7. The highest BCUT2D eigenvalue weighted by Gasteiger charge is 2.44. The predicted octanol–water partition coefficient (Wildman–Crippen LogP) is 5.90. The van der Waals surface area contributed by atoms with Crippen molar-refractivity contribution in [1.82, 2.24) is 4.98 Å². The number of carboxylic acid groups (broad SMARTS) is 1. The molecule has 2 heterocycles. The van der Waals surface area contributed by atoms with Crippen molar-refractivity contribution in [3.05, 3.63) is 70.9 Å². The standard InChI is InChI=1S/C33H33NO6/c1-17-26(23(16-35)22-15-24(22)36)19-7-5-6-8-20(19)29(27(17)31(32(37)38)40-33(2,3)4)21-9-10-25-28-18(12-14-39-25)11-13-34-30(21)28/h5-11,13,16,22-24,31,36H,12,14-15H2,1-4H3,(H,37,38)/t22?,23?,24?,31-/m0/s1. The van der Waals surface area contributed by atoms with Gasteiger partial charge in [0, 0.05) is 41.0 Å². The van der Waals surface area contributed by atoms with Crippen LogP contribution in [0.1, 0.15) is 61.5 Å². The molecule has 206 valence electrons. The van der Waals surface area contributed by atoms with Crippen LogP contribution in [0.3, 0.4) is 0 Å². The van der Waals surface area contributed by atoms with E-state index < -0.39 is 29.7 Å². The molecule has 0 spiro atoms. The molecule has 7 heteroatoms. The van der Waals surface area contributed by atoms with Gasteiger partial charge in [-0.1, -0.05) is 24.3 Å². The van der Waals surface area contributed by atoms with Gasteiger partial charge in [0.05, 0.1) is 23.8 Å². The molecule has 0 saturated heterocycles. The number of hydrogen-bond donors (Lipinski definition) is 2. The van der Waals surface area contributed by atoms with E-state index in [0.717, 1.165) is 62.4 Å². The number of fused-ring (bicyclic) bond motifs is 1. The first kappa shape index (κ1) is 26.4. The van der Waals surface area contributed by atoms with Crippen molar-refractivity contribution in [2.75, 3.05) is 6.61 Å². The summed E-state index contributed by atoms with van der Waals surface area (Å²) in [7, 11) is 0. The van der Waals surface area contributed by atoms with Crippen LogP contribution in [0, 0.1) is 12.8 Å². The monoisotopic (exact) mass is 539 g/mol. The lowest BCUT2D eigenvalue weighted by Crippen LogP contribution is -2.29. The lowest BCUT2D eigenvalue weighted by atomic mass is 9.78. The number of nitrogens with zero attached hydrogens (tertiary/aromatic N) is 1. The van der Waals surface area contributed by atoms with Crippen molar-refractivity contribution < 1.29 is 29.3 Å². The number of carbonyl (C=O) groups excluding carboxylic acids is 1. The van der Waals surface area contributed by atoms with Crippen LogP contribution in [-0.4, -0.2) is 45.8 Å². The van der Waals surface area contributed by atoms with Gasteiger partial charge in [-0.2, -0.15) is 0 Å². The van der Waals surface area contributed by atoms with Crippen LogP contribution in [0.5, 0.6) is 5.75 Å². The molecule has 7 nitrogen and oxygen atoms in total. The fraction of sp³-hybridized carbons (Fsp3) is 0.364. The average Bonchev–Trinajstić information content (AvgIpc) is 3.64. The van der Waals surface area contributed by atoms with Gasteiger partial charge in [-0.3, -0.25) is 4.98 Å². The van der Waals surface area contributed by atoms with Crippen LogP contribution in [-0.2, 0) is 20.7 Å². The smallest absolute Gasteiger partial charge is 0.337 e. The molecule has 1 aliphatic carbocycles. The second-order valence-electron chi connectivity index (χ2n) is 11.9. The highest BCUT2D eigenvalue weighted by atomic mass is 16.5. The summed E-state index contributed by atoms with van der Waals surface area (Å²) in [6, 6.07) is 13.6. The molecule has 1 fully saturated rings. The molecule has 3 unspecified atom stereocenters. The topological polar surface area (TPSA) is 106 Å². The first-order chi connectivity index (χ1) is 19.1. The Hall–Kier alpha value is -3.81. The van der Waals surface area contributed by atoms with E-state index in [1.54, 1.807) is 6.20 Å². The maximum absolute atomic E-state index is 13.0. The number of pyridine rings is 1. The quantitative estimate of drug-likeness (QED) is 0.282. The van der Waals surface area contributed by atoms with E-state index in [2.05, 4.69) is 0 Å². The largest absolute Gasteiger partial charge is 0.493 e. The maximum Gasteiger partial charge on any atom is 0.337 e. The molecule has 1 saturated carbocycles. The fourth-order valence-corrected chi connectivity index (χ4v) is 6.32. The number of aliphatic hydroxyl groups excluding tert-OH is 1. The predicted molar refractivity (Wildman–Crippen MR) is 153 cm³/mol. The molecule has 4 aromatic rings. The third-order valence-electron chi connectivity index (χ3n) is 8.11. The van der Waals surface area contributed by atoms with E-state index in [1.807, 2.05) is 70.2 Å². The summed E-state index contributed by atoms with van der Waals surface area (Å²) >= 11 is 0. The number of carboxylic acids is 1. The van der Waals surface area contributed by atoms with Gasteiger partial charge in [0.25, 0.3) is 0 Å². The summed E-state index contributed by atoms with van der Waals surface area (Å²) in [5.41, 5.74) is 4.53. The molecule has 0 bridgehead atoms. The lowest BCUT2D eigenvalue weighted by Gasteiger charge is -2.31. The molecule has 1 aliphatic heterocycles. The van der Waals surface area contributed by atoms with Gasteiger partial charge < -0.3 is 24.5 Å². The van der Waals surface area contributed by atoms with E-state index in [4.69, 9.17) is 14.5 Å². The number of aliphatic carboxylic acids is 1. The number of aliphatic hydroxyl groups is 1. The number of hydrogen-bond acceptors (Lipinski definition) is 6. The van der Waals surface area contributed by atoms with Crippen LogP contribution >= 0.6 is 0 Å². The highest BCUT2D eigenvalue weighted by molar-refractivity contribution is 6.10. The minimum Gasteiger partial charge on any atom is -0.493 e. The van der Waals surface area contributed by atoms with E-state index in [-0.39, 0.29) is 5.92 Å². The third-order valence-corrected chi connectivity index (χ3v) is 8.11. The summed E-state index contributed by atoms with van der Waals surface area (Å²) in [5.74, 6) is -1.13. The molecule has 2 N–H and O–H groups in total. The number of ether oxygens (including phenoxy) is 2. The van der Waals surface area contributed by atoms with Gasteiger partial charge in [-0.05, 0) is 85.3 Å². The van der Waals surface area contributed by atoms with Crippen molar-refractivity contribution in [2.24, 2.45) is 5.92 Å². The molecule has 1 aromatic heterocycles. The Balaban J connectivity index is 1.76. The van der Waals surface area contributed by atoms with Gasteiger partial charge in [-0.25, -0.2) is 4.79 Å². The van der Waals surface area contributed by atoms with Crippen molar-refractivity contribution in [1.29, 1.82) is 0 Å². The zero-order chi connectivity index (χ0) is 28.3. The number of aldehydes is 1. The van der Waals surface area contributed by atoms with E-state index in [1.165, 1.54) is 0 Å². The van der Waals surface area contributed by atoms with Crippen molar-refractivity contribution in [2.45, 2.75) is 64.3 Å². The van der Waals surface area contributed by atoms with Crippen LogP contribution in [0.2, 0.25) is 0 Å².